The molecule has 0 radical (unpaired) electrons. The molecule has 2 unspecified atom stereocenters. The second-order valence-corrected chi connectivity index (χ2v) is 2.33. The summed E-state index contributed by atoms with van der Waals surface area (Å²) < 4.78 is 0. The molecule has 0 amide bonds. The minimum atomic E-state index is 0.817. The van der Waals surface area contributed by atoms with Crippen LogP contribution in [-0.4, -0.2) is 6.54 Å². The summed E-state index contributed by atoms with van der Waals surface area (Å²) in [5.41, 5.74) is 0. The molecule has 2 atom stereocenters. The van der Waals surface area contributed by atoms with Gasteiger partial charge in [0, 0.05) is 6.54 Å². The summed E-state index contributed by atoms with van der Waals surface area (Å²) in [5.74, 6) is 0.817. The van der Waals surface area contributed by atoms with Gasteiger partial charge in [0.15, 0.2) is 0 Å². The van der Waals surface area contributed by atoms with Gasteiger partial charge in [0.25, 0.3) is 0 Å². The summed E-state index contributed by atoms with van der Waals surface area (Å²) in [6, 6.07) is 0. The van der Waals surface area contributed by atoms with E-state index in [1.807, 2.05) is 0 Å². The average Bonchev–Trinajstić information content (AvgIpc) is 1.68. The monoisotopic (exact) mass is 119 g/mol. The van der Waals surface area contributed by atoms with Crippen molar-refractivity contribution in [3.63, 3.8) is 0 Å². The third-order valence-electron chi connectivity index (χ3n) is 1.16. The van der Waals surface area contributed by atoms with E-state index in [9.17, 15) is 0 Å². The van der Waals surface area contributed by atoms with Gasteiger partial charge in [-0.2, -0.15) is 0 Å². The zero-order chi connectivity index (χ0) is 5.70. The van der Waals surface area contributed by atoms with E-state index in [0.717, 1.165) is 12.5 Å². The van der Waals surface area contributed by atoms with Crippen LogP contribution in [0.5, 0.6) is 0 Å². The van der Waals surface area contributed by atoms with Crippen molar-refractivity contribution in [2.75, 3.05) is 6.54 Å². The van der Waals surface area contributed by atoms with Gasteiger partial charge in [0.2, 0.25) is 0 Å². The van der Waals surface area contributed by atoms with E-state index in [4.69, 9.17) is 0 Å². The molecular weight excluding hydrogens is 105 g/mol. The molecule has 0 aliphatic rings. The fourth-order valence-corrected chi connectivity index (χ4v) is 0.748. The largest absolute Gasteiger partial charge is 0.300 e. The van der Waals surface area contributed by atoms with Gasteiger partial charge in [0.1, 0.15) is 0 Å². The zero-order valence-corrected chi connectivity index (χ0v) is 6.22. The van der Waals surface area contributed by atoms with Crippen LogP contribution in [0.25, 0.3) is 0 Å². The molecule has 0 rings (SSSR count). The van der Waals surface area contributed by atoms with Crippen LogP contribution >= 0.6 is 9.39 Å². The molecule has 2 heteroatoms. The molecule has 1 nitrogen and oxygen atoms in total. The first-order valence-electron chi connectivity index (χ1n) is 2.74. The summed E-state index contributed by atoms with van der Waals surface area (Å²) in [5, 5.41) is 3.04. The molecule has 0 aromatic rings. The summed E-state index contributed by atoms with van der Waals surface area (Å²) >= 11 is 0. The van der Waals surface area contributed by atoms with Crippen molar-refractivity contribution < 1.29 is 0 Å². The zero-order valence-electron chi connectivity index (χ0n) is 5.07. The van der Waals surface area contributed by atoms with Gasteiger partial charge in [-0.1, -0.05) is 29.7 Å². The highest BCUT2D eigenvalue weighted by Gasteiger charge is 1.92. The van der Waals surface area contributed by atoms with Crippen molar-refractivity contribution in [2.45, 2.75) is 20.3 Å². The fourth-order valence-electron chi connectivity index (χ4n) is 0.346. The predicted octanol–water partition coefficient (Wildman–Crippen LogP) is 1.41. The smallest absolute Gasteiger partial charge is 0.00112 e. The fraction of sp³-hybridized carbons (Fsp3) is 1.00. The molecule has 0 saturated heterocycles. The Labute approximate surface area is 48.1 Å². The van der Waals surface area contributed by atoms with Gasteiger partial charge in [-0.15, -0.1) is 0 Å². The summed E-state index contributed by atoms with van der Waals surface area (Å²) in [6.45, 7) is 5.55. The first-order valence-corrected chi connectivity index (χ1v) is 3.32. The van der Waals surface area contributed by atoms with E-state index >= 15 is 0 Å². The maximum Gasteiger partial charge on any atom is 0.00112 e. The van der Waals surface area contributed by atoms with Gasteiger partial charge in [-0.05, 0) is 5.92 Å². The van der Waals surface area contributed by atoms with Crippen molar-refractivity contribution in [1.82, 2.24) is 5.09 Å². The van der Waals surface area contributed by atoms with Crippen molar-refractivity contribution in [2.24, 2.45) is 5.92 Å². The van der Waals surface area contributed by atoms with Crippen molar-refractivity contribution in [3.05, 3.63) is 0 Å². The lowest BCUT2D eigenvalue weighted by molar-refractivity contribution is 0.559. The Hall–Kier alpha value is 0.390. The molecule has 0 aromatic heterocycles. The van der Waals surface area contributed by atoms with Crippen LogP contribution < -0.4 is 5.09 Å². The summed E-state index contributed by atoms with van der Waals surface area (Å²) in [4.78, 5) is 0. The normalized spacial score (nSPS) is 14.1. The second-order valence-electron chi connectivity index (χ2n) is 1.92. The van der Waals surface area contributed by atoms with Crippen LogP contribution in [0.4, 0.5) is 0 Å². The molecule has 0 aromatic carbocycles. The molecular formula is C5H14NP. The third-order valence-corrected chi connectivity index (χ3v) is 1.40. The van der Waals surface area contributed by atoms with Crippen LogP contribution in [0.1, 0.15) is 20.3 Å². The Morgan fingerprint density at radius 3 is 2.43 bits per heavy atom. The summed E-state index contributed by atoms with van der Waals surface area (Å²) in [7, 11) is 2.50. The Balaban J connectivity index is 2.83. The quantitative estimate of drug-likeness (QED) is 0.554. The lowest BCUT2D eigenvalue weighted by atomic mass is 10.1. The standard InChI is InChI=1S/C5H14NP/c1-3-5(2)4-6-7/h5-6H,3-4,7H2,1-2H3. The lowest BCUT2D eigenvalue weighted by Crippen LogP contribution is -2.09. The Kier molecular flexibility index (Phi) is 4.80. The van der Waals surface area contributed by atoms with Crippen molar-refractivity contribution in [1.29, 1.82) is 0 Å². The second kappa shape index (κ2) is 4.55. The highest BCUT2D eigenvalue weighted by Crippen LogP contribution is 1.97. The molecule has 44 valence electrons. The average molecular weight is 119 g/mol. The number of hydrogen-bond donors (Lipinski definition) is 1. The van der Waals surface area contributed by atoms with Gasteiger partial charge in [-0.3, -0.25) is 0 Å². The molecule has 0 heterocycles. The number of rotatable bonds is 3. The van der Waals surface area contributed by atoms with E-state index in [1.165, 1.54) is 6.42 Å². The topological polar surface area (TPSA) is 12.0 Å². The van der Waals surface area contributed by atoms with E-state index in [1.54, 1.807) is 0 Å². The maximum atomic E-state index is 3.04. The SMILES string of the molecule is CCC(C)CNP. The Bertz CT molecular complexity index is 39.1. The molecule has 0 saturated carbocycles. The first kappa shape index (κ1) is 7.39. The van der Waals surface area contributed by atoms with Crippen molar-refractivity contribution in [3.8, 4) is 0 Å². The molecule has 0 fully saturated rings. The lowest BCUT2D eigenvalue weighted by Gasteiger charge is -2.03. The van der Waals surface area contributed by atoms with Crippen LogP contribution in [0.3, 0.4) is 0 Å². The van der Waals surface area contributed by atoms with Crippen LogP contribution in [0, 0.1) is 5.92 Å². The highest BCUT2D eigenvalue weighted by molar-refractivity contribution is 7.13. The molecule has 0 spiro atoms. The van der Waals surface area contributed by atoms with E-state index < -0.39 is 0 Å². The van der Waals surface area contributed by atoms with E-state index in [0.29, 0.717) is 0 Å². The minimum absolute atomic E-state index is 0.817. The summed E-state index contributed by atoms with van der Waals surface area (Å²) in [6.07, 6.45) is 1.27. The molecule has 0 aliphatic carbocycles. The molecule has 0 bridgehead atoms. The maximum absolute atomic E-state index is 3.04. The molecule has 7 heavy (non-hydrogen) atoms. The Morgan fingerprint density at radius 1 is 1.71 bits per heavy atom. The first-order chi connectivity index (χ1) is 3.31. The van der Waals surface area contributed by atoms with Gasteiger partial charge >= 0.3 is 0 Å². The van der Waals surface area contributed by atoms with Crippen molar-refractivity contribution >= 4 is 9.39 Å². The van der Waals surface area contributed by atoms with Crippen LogP contribution in [-0.2, 0) is 0 Å². The predicted molar refractivity (Wildman–Crippen MR) is 37.2 cm³/mol. The third kappa shape index (κ3) is 4.24. The van der Waals surface area contributed by atoms with Gasteiger partial charge in [0.05, 0.1) is 0 Å². The molecule has 1 N–H and O–H groups in total. The molecule has 0 aliphatic heterocycles. The minimum Gasteiger partial charge on any atom is -0.300 e. The van der Waals surface area contributed by atoms with Crippen LogP contribution in [0.15, 0.2) is 0 Å². The number of nitrogens with one attached hydrogen (secondary N) is 1. The van der Waals surface area contributed by atoms with Gasteiger partial charge in [-0.25, -0.2) is 0 Å². The Morgan fingerprint density at radius 2 is 2.29 bits per heavy atom. The van der Waals surface area contributed by atoms with E-state index in [-0.39, 0.29) is 0 Å². The van der Waals surface area contributed by atoms with Gasteiger partial charge < -0.3 is 5.09 Å². The highest BCUT2D eigenvalue weighted by atomic mass is 31.0. The van der Waals surface area contributed by atoms with E-state index in [2.05, 4.69) is 28.3 Å². The number of hydrogen-bond acceptors (Lipinski definition) is 1. The van der Waals surface area contributed by atoms with Crippen LogP contribution in [0.2, 0.25) is 0 Å².